The SMILES string of the molecule is COc1ccc2[nH]cc(CCN3C(=O)C(=O)C(=C(O)c4ccc(C)cc4)[C@@H]3c3cccs3)c2c1. The Balaban J connectivity index is 1.52. The molecule has 2 aromatic carbocycles. The highest BCUT2D eigenvalue weighted by Crippen LogP contribution is 2.41. The zero-order chi connectivity index (χ0) is 23.8. The van der Waals surface area contributed by atoms with Crippen molar-refractivity contribution in [3.8, 4) is 5.75 Å². The maximum Gasteiger partial charge on any atom is 0.295 e. The molecule has 7 heteroatoms. The summed E-state index contributed by atoms with van der Waals surface area (Å²) in [5.74, 6) is -0.636. The van der Waals surface area contributed by atoms with Gasteiger partial charge in [0.15, 0.2) is 0 Å². The first-order valence-electron chi connectivity index (χ1n) is 11.0. The van der Waals surface area contributed by atoms with E-state index in [1.807, 2.05) is 61.0 Å². The molecule has 3 heterocycles. The lowest BCUT2D eigenvalue weighted by atomic mass is 9.99. The maximum absolute atomic E-state index is 13.1. The highest BCUT2D eigenvalue weighted by atomic mass is 32.1. The first-order valence-corrected chi connectivity index (χ1v) is 11.9. The fourth-order valence-electron chi connectivity index (χ4n) is 4.45. The average Bonchev–Trinajstić information content (AvgIpc) is 3.57. The lowest BCUT2D eigenvalue weighted by molar-refractivity contribution is -0.139. The van der Waals surface area contributed by atoms with Crippen LogP contribution in [0.15, 0.2) is 71.7 Å². The Morgan fingerprint density at radius 1 is 1.15 bits per heavy atom. The van der Waals surface area contributed by atoms with Gasteiger partial charge in [0.05, 0.1) is 18.7 Å². The number of likely N-dealkylation sites (tertiary alicyclic amines) is 1. The molecule has 1 amide bonds. The van der Waals surface area contributed by atoms with Crippen molar-refractivity contribution in [3.63, 3.8) is 0 Å². The van der Waals surface area contributed by atoms with Gasteiger partial charge in [0, 0.05) is 34.1 Å². The molecule has 5 rings (SSSR count). The lowest BCUT2D eigenvalue weighted by Crippen LogP contribution is -2.31. The molecule has 6 nitrogen and oxygen atoms in total. The molecule has 1 fully saturated rings. The summed E-state index contributed by atoms with van der Waals surface area (Å²) in [6.07, 6.45) is 2.47. The molecule has 0 radical (unpaired) electrons. The number of hydrogen-bond acceptors (Lipinski definition) is 5. The van der Waals surface area contributed by atoms with Gasteiger partial charge in [-0.05, 0) is 48.6 Å². The van der Waals surface area contributed by atoms with Gasteiger partial charge >= 0.3 is 0 Å². The molecule has 1 saturated heterocycles. The minimum absolute atomic E-state index is 0.136. The number of aliphatic hydroxyl groups excluding tert-OH is 1. The third kappa shape index (κ3) is 3.78. The molecule has 4 aromatic rings. The predicted molar refractivity (Wildman–Crippen MR) is 133 cm³/mol. The van der Waals surface area contributed by atoms with Crippen molar-refractivity contribution < 1.29 is 19.4 Å². The molecule has 2 N–H and O–H groups in total. The van der Waals surface area contributed by atoms with E-state index >= 15 is 0 Å². The summed E-state index contributed by atoms with van der Waals surface area (Å²) in [6, 6.07) is 16.2. The van der Waals surface area contributed by atoms with Crippen molar-refractivity contribution in [1.82, 2.24) is 9.88 Å². The highest BCUT2D eigenvalue weighted by Gasteiger charge is 2.46. The molecule has 172 valence electrons. The van der Waals surface area contributed by atoms with Crippen molar-refractivity contribution in [1.29, 1.82) is 0 Å². The van der Waals surface area contributed by atoms with Gasteiger partial charge in [-0.2, -0.15) is 0 Å². The average molecular weight is 473 g/mol. The number of methoxy groups -OCH3 is 1. The summed E-state index contributed by atoms with van der Waals surface area (Å²) in [5.41, 5.74) is 3.71. The molecule has 0 unspecified atom stereocenters. The number of aromatic nitrogens is 1. The Kier molecular flexibility index (Phi) is 5.71. The van der Waals surface area contributed by atoms with Gasteiger partial charge in [-0.3, -0.25) is 9.59 Å². The summed E-state index contributed by atoms with van der Waals surface area (Å²) >= 11 is 1.46. The minimum Gasteiger partial charge on any atom is -0.507 e. The summed E-state index contributed by atoms with van der Waals surface area (Å²) in [6.45, 7) is 2.29. The molecule has 0 bridgehead atoms. The van der Waals surface area contributed by atoms with Crippen LogP contribution in [0.5, 0.6) is 5.75 Å². The number of aryl methyl sites for hydroxylation is 1. The first kappa shape index (κ1) is 22.0. The van der Waals surface area contributed by atoms with Crippen molar-refractivity contribution in [2.45, 2.75) is 19.4 Å². The number of ether oxygens (including phenoxy) is 1. The quantitative estimate of drug-likeness (QED) is 0.229. The molecular weight excluding hydrogens is 448 g/mol. The van der Waals surface area contributed by atoms with Crippen LogP contribution in [0.1, 0.15) is 27.6 Å². The highest BCUT2D eigenvalue weighted by molar-refractivity contribution is 7.10. The largest absolute Gasteiger partial charge is 0.507 e. The van der Waals surface area contributed by atoms with Crippen LogP contribution in [0, 0.1) is 6.92 Å². The number of aromatic amines is 1. The number of nitrogens with zero attached hydrogens (tertiary/aromatic N) is 1. The minimum atomic E-state index is -0.655. The van der Waals surface area contributed by atoms with E-state index in [-0.39, 0.29) is 11.3 Å². The zero-order valence-corrected chi connectivity index (χ0v) is 19.7. The summed E-state index contributed by atoms with van der Waals surface area (Å²) in [7, 11) is 1.63. The molecule has 0 saturated carbocycles. The topological polar surface area (TPSA) is 82.6 Å². The molecule has 34 heavy (non-hydrogen) atoms. The van der Waals surface area contributed by atoms with Crippen LogP contribution in [-0.2, 0) is 16.0 Å². The van der Waals surface area contributed by atoms with Crippen molar-refractivity contribution >= 4 is 39.7 Å². The van der Waals surface area contributed by atoms with Gasteiger partial charge in [0.25, 0.3) is 11.7 Å². The molecule has 0 spiro atoms. The molecule has 0 aliphatic carbocycles. The third-order valence-electron chi connectivity index (χ3n) is 6.27. The number of benzene rings is 2. The summed E-state index contributed by atoms with van der Waals surface area (Å²) < 4.78 is 5.36. The van der Waals surface area contributed by atoms with Gasteiger partial charge in [-0.15, -0.1) is 11.3 Å². The number of nitrogens with one attached hydrogen (secondary N) is 1. The van der Waals surface area contributed by atoms with Crippen molar-refractivity contribution in [2.75, 3.05) is 13.7 Å². The Hall–Kier alpha value is -3.84. The van der Waals surface area contributed by atoms with Crippen LogP contribution in [0.25, 0.3) is 16.7 Å². The molecule has 2 aromatic heterocycles. The fraction of sp³-hybridized carbons (Fsp3) is 0.185. The van der Waals surface area contributed by atoms with Crippen LogP contribution in [-0.4, -0.2) is 40.3 Å². The van der Waals surface area contributed by atoms with Crippen molar-refractivity contribution in [3.05, 3.63) is 93.3 Å². The number of carbonyl (C=O) groups is 2. The van der Waals surface area contributed by atoms with Crippen LogP contribution >= 0.6 is 11.3 Å². The number of fused-ring (bicyclic) bond motifs is 1. The van der Waals surface area contributed by atoms with Gasteiger partial charge in [0.2, 0.25) is 0 Å². The summed E-state index contributed by atoms with van der Waals surface area (Å²) in [5, 5.41) is 14.0. The van der Waals surface area contributed by atoms with E-state index in [0.717, 1.165) is 32.7 Å². The van der Waals surface area contributed by atoms with Crippen molar-refractivity contribution in [2.24, 2.45) is 0 Å². The second-order valence-corrected chi connectivity index (χ2v) is 9.33. The molecule has 1 aliphatic rings. The summed E-state index contributed by atoms with van der Waals surface area (Å²) in [4.78, 5) is 31.9. The second kappa shape index (κ2) is 8.83. The Labute approximate surface area is 201 Å². The van der Waals surface area contributed by atoms with E-state index in [1.54, 1.807) is 24.1 Å². The number of carbonyl (C=O) groups excluding carboxylic acids is 2. The van der Waals surface area contributed by atoms with Gasteiger partial charge in [-0.25, -0.2) is 0 Å². The number of ketones is 1. The number of Topliss-reactive ketones (excluding diaryl/α,β-unsaturated/α-hetero) is 1. The number of rotatable bonds is 6. The molecule has 1 atom stereocenters. The molecule has 1 aliphatic heterocycles. The van der Waals surface area contributed by atoms with E-state index in [2.05, 4.69) is 4.98 Å². The van der Waals surface area contributed by atoms with Crippen LogP contribution in [0.2, 0.25) is 0 Å². The monoisotopic (exact) mass is 472 g/mol. The second-order valence-electron chi connectivity index (χ2n) is 8.35. The number of H-pyrrole nitrogens is 1. The smallest absolute Gasteiger partial charge is 0.295 e. The van der Waals surface area contributed by atoms with Crippen LogP contribution in [0.3, 0.4) is 0 Å². The maximum atomic E-state index is 13.1. The first-order chi connectivity index (χ1) is 16.5. The zero-order valence-electron chi connectivity index (χ0n) is 18.9. The van der Waals surface area contributed by atoms with Gasteiger partial charge in [0.1, 0.15) is 11.5 Å². The third-order valence-corrected chi connectivity index (χ3v) is 7.20. The Morgan fingerprint density at radius 3 is 2.65 bits per heavy atom. The van der Waals surface area contributed by atoms with E-state index in [9.17, 15) is 14.7 Å². The van der Waals surface area contributed by atoms with E-state index < -0.39 is 17.7 Å². The van der Waals surface area contributed by atoms with Crippen LogP contribution < -0.4 is 4.74 Å². The lowest BCUT2D eigenvalue weighted by Gasteiger charge is -2.24. The standard InChI is InChI=1S/C27H24N2O4S/c1-16-5-7-17(8-6-16)25(30)23-24(22-4-3-13-34-22)29(27(32)26(23)31)12-11-18-15-28-21-10-9-19(33-2)14-20(18)21/h3-10,13-15,24,28,30H,11-12H2,1-2H3/t24-/m0/s1. The Bertz CT molecular complexity index is 1400. The van der Waals surface area contributed by atoms with Gasteiger partial charge in [-0.1, -0.05) is 35.9 Å². The number of thiophene rings is 1. The number of amides is 1. The van der Waals surface area contributed by atoms with Crippen LogP contribution in [0.4, 0.5) is 0 Å². The van der Waals surface area contributed by atoms with Gasteiger partial charge < -0.3 is 19.7 Å². The van der Waals surface area contributed by atoms with E-state index in [0.29, 0.717) is 18.5 Å². The number of aliphatic hydroxyl groups is 1. The predicted octanol–water partition coefficient (Wildman–Crippen LogP) is 5.21. The number of hydrogen-bond donors (Lipinski definition) is 2. The van der Waals surface area contributed by atoms with E-state index in [4.69, 9.17) is 4.74 Å². The normalized spacial score (nSPS) is 17.6. The Morgan fingerprint density at radius 2 is 1.94 bits per heavy atom. The van der Waals surface area contributed by atoms with E-state index in [1.165, 1.54) is 11.3 Å². The molecular formula is C27H24N2O4S. The fourth-order valence-corrected chi connectivity index (χ4v) is 5.30.